The van der Waals surface area contributed by atoms with E-state index < -0.39 is 0 Å². The van der Waals surface area contributed by atoms with Gasteiger partial charge in [-0.15, -0.1) is 0 Å². The second-order valence-electron chi connectivity index (χ2n) is 2.93. The predicted octanol–water partition coefficient (Wildman–Crippen LogP) is 3.90. The van der Waals surface area contributed by atoms with Gasteiger partial charge in [0, 0.05) is 5.03 Å². The van der Waals surface area contributed by atoms with Crippen molar-refractivity contribution in [3.63, 3.8) is 0 Å². The molecule has 0 N–H and O–H groups in total. The Labute approximate surface area is 74.3 Å². The van der Waals surface area contributed by atoms with E-state index in [2.05, 4.69) is 27.0 Å². The molecule has 0 nitrogen and oxygen atoms in total. The normalized spacial score (nSPS) is 11.8. The first-order valence-corrected chi connectivity index (χ1v) is 4.12. The van der Waals surface area contributed by atoms with Gasteiger partial charge in [0.25, 0.3) is 0 Å². The highest BCUT2D eigenvalue weighted by molar-refractivity contribution is 6.31. The van der Waals surface area contributed by atoms with Crippen LogP contribution in [0.25, 0.3) is 0 Å². The summed E-state index contributed by atoms with van der Waals surface area (Å²) in [5.74, 6) is 0.608. The minimum atomic E-state index is 0.608. The Morgan fingerprint density at radius 3 is 2.36 bits per heavy atom. The Morgan fingerprint density at radius 2 is 2.09 bits per heavy atom. The fourth-order valence-corrected chi connectivity index (χ4v) is 0.991. The molecule has 0 unspecified atom stereocenters. The average Bonchev–Trinajstić information content (AvgIpc) is 1.86. The van der Waals surface area contributed by atoms with E-state index in [0.717, 1.165) is 12.0 Å². The van der Waals surface area contributed by atoms with Crippen molar-refractivity contribution in [3.8, 4) is 0 Å². The van der Waals surface area contributed by atoms with E-state index in [1.54, 1.807) is 6.08 Å². The molecule has 0 atom stereocenters. The second-order valence-corrected chi connectivity index (χ2v) is 3.39. The molecule has 0 rings (SSSR count). The van der Waals surface area contributed by atoms with Crippen molar-refractivity contribution >= 4 is 11.6 Å². The monoisotopic (exact) mass is 170 g/mol. The Bertz CT molecular complexity index is 175. The maximum absolute atomic E-state index is 5.76. The summed E-state index contributed by atoms with van der Waals surface area (Å²) in [6, 6.07) is 0. The summed E-state index contributed by atoms with van der Waals surface area (Å²) in [6.45, 7) is 11.6. The molecule has 0 radical (unpaired) electrons. The topological polar surface area (TPSA) is 0 Å². The lowest BCUT2D eigenvalue weighted by Crippen LogP contribution is -1.90. The SMILES string of the molecule is C=C/C=C(/CC(C)C)C(=C)Cl. The van der Waals surface area contributed by atoms with Crippen LogP contribution in [0.15, 0.2) is 35.9 Å². The van der Waals surface area contributed by atoms with Crippen LogP contribution in [0.3, 0.4) is 0 Å². The third kappa shape index (κ3) is 4.86. The highest BCUT2D eigenvalue weighted by atomic mass is 35.5. The van der Waals surface area contributed by atoms with Crippen molar-refractivity contribution in [2.24, 2.45) is 5.92 Å². The zero-order chi connectivity index (χ0) is 8.85. The molecule has 0 aliphatic rings. The fourth-order valence-electron chi connectivity index (χ4n) is 0.851. The van der Waals surface area contributed by atoms with Crippen LogP contribution in [-0.4, -0.2) is 0 Å². The average molecular weight is 171 g/mol. The minimum Gasteiger partial charge on any atom is -0.0991 e. The molecule has 0 saturated heterocycles. The summed E-state index contributed by atoms with van der Waals surface area (Å²) in [5.41, 5.74) is 1.08. The summed E-state index contributed by atoms with van der Waals surface area (Å²) in [7, 11) is 0. The fraction of sp³-hybridized carbons (Fsp3) is 0.400. The van der Waals surface area contributed by atoms with Gasteiger partial charge in [-0.05, 0) is 17.9 Å². The third-order valence-electron chi connectivity index (χ3n) is 1.30. The van der Waals surface area contributed by atoms with Crippen molar-refractivity contribution < 1.29 is 0 Å². The molecule has 0 heterocycles. The molecular weight excluding hydrogens is 156 g/mol. The standard InChI is InChI=1S/C10H15Cl/c1-5-6-10(9(4)11)7-8(2)3/h5-6,8H,1,4,7H2,2-3H3/b10-6-. The van der Waals surface area contributed by atoms with Gasteiger partial charge in [-0.1, -0.05) is 50.8 Å². The largest absolute Gasteiger partial charge is 0.0991 e. The van der Waals surface area contributed by atoms with Gasteiger partial charge in [-0.3, -0.25) is 0 Å². The molecule has 0 bridgehead atoms. The molecule has 0 spiro atoms. The van der Waals surface area contributed by atoms with Gasteiger partial charge < -0.3 is 0 Å². The maximum atomic E-state index is 5.76. The minimum absolute atomic E-state index is 0.608. The number of rotatable bonds is 4. The van der Waals surface area contributed by atoms with Crippen molar-refractivity contribution in [1.29, 1.82) is 0 Å². The predicted molar refractivity (Wildman–Crippen MR) is 52.7 cm³/mol. The molecule has 0 amide bonds. The third-order valence-corrected chi connectivity index (χ3v) is 1.54. The van der Waals surface area contributed by atoms with Gasteiger partial charge in [0.1, 0.15) is 0 Å². The first-order valence-electron chi connectivity index (χ1n) is 3.74. The molecule has 0 aliphatic carbocycles. The molecule has 1 heteroatoms. The molecule has 0 aromatic rings. The summed E-state index contributed by atoms with van der Waals surface area (Å²) >= 11 is 5.76. The van der Waals surface area contributed by atoms with Crippen LogP contribution in [-0.2, 0) is 0 Å². The van der Waals surface area contributed by atoms with E-state index in [4.69, 9.17) is 11.6 Å². The molecule has 0 saturated carbocycles. The van der Waals surface area contributed by atoms with E-state index in [1.165, 1.54) is 0 Å². The molecular formula is C10H15Cl. The molecule has 0 aromatic carbocycles. The van der Waals surface area contributed by atoms with Crippen LogP contribution in [0, 0.1) is 5.92 Å². The van der Waals surface area contributed by atoms with E-state index in [0.29, 0.717) is 11.0 Å². The molecule has 0 aliphatic heterocycles. The quantitative estimate of drug-likeness (QED) is 0.562. The van der Waals surface area contributed by atoms with Gasteiger partial charge in [0.2, 0.25) is 0 Å². The molecule has 0 aromatic heterocycles. The number of hydrogen-bond donors (Lipinski definition) is 0. The Kier molecular flexibility index (Phi) is 4.97. The van der Waals surface area contributed by atoms with Gasteiger partial charge in [-0.2, -0.15) is 0 Å². The van der Waals surface area contributed by atoms with E-state index in [1.807, 2.05) is 6.08 Å². The summed E-state index contributed by atoms with van der Waals surface area (Å²) in [6.07, 6.45) is 4.62. The number of halogens is 1. The lowest BCUT2D eigenvalue weighted by atomic mass is 10.0. The van der Waals surface area contributed by atoms with E-state index in [9.17, 15) is 0 Å². The van der Waals surface area contributed by atoms with Crippen LogP contribution in [0.4, 0.5) is 0 Å². The Hall–Kier alpha value is -0.490. The van der Waals surface area contributed by atoms with Gasteiger partial charge in [0.15, 0.2) is 0 Å². The summed E-state index contributed by atoms with van der Waals surface area (Å²) in [4.78, 5) is 0. The number of hydrogen-bond acceptors (Lipinski definition) is 0. The van der Waals surface area contributed by atoms with Crippen molar-refractivity contribution in [2.45, 2.75) is 20.3 Å². The zero-order valence-corrected chi connectivity index (χ0v) is 7.99. The van der Waals surface area contributed by atoms with Crippen LogP contribution in [0.2, 0.25) is 0 Å². The van der Waals surface area contributed by atoms with Crippen LogP contribution in [0.1, 0.15) is 20.3 Å². The van der Waals surface area contributed by atoms with Gasteiger partial charge >= 0.3 is 0 Å². The zero-order valence-electron chi connectivity index (χ0n) is 7.23. The van der Waals surface area contributed by atoms with Crippen LogP contribution >= 0.6 is 11.6 Å². The lowest BCUT2D eigenvalue weighted by molar-refractivity contribution is 0.649. The van der Waals surface area contributed by atoms with E-state index in [-0.39, 0.29) is 0 Å². The Morgan fingerprint density at radius 1 is 1.55 bits per heavy atom. The van der Waals surface area contributed by atoms with Crippen molar-refractivity contribution in [1.82, 2.24) is 0 Å². The van der Waals surface area contributed by atoms with Crippen LogP contribution in [0.5, 0.6) is 0 Å². The second kappa shape index (κ2) is 5.20. The van der Waals surface area contributed by atoms with Crippen molar-refractivity contribution in [2.75, 3.05) is 0 Å². The Balaban J connectivity index is 4.23. The first kappa shape index (κ1) is 10.5. The van der Waals surface area contributed by atoms with Gasteiger partial charge in [0.05, 0.1) is 0 Å². The van der Waals surface area contributed by atoms with E-state index >= 15 is 0 Å². The van der Waals surface area contributed by atoms with Crippen molar-refractivity contribution in [3.05, 3.63) is 35.9 Å². The highest BCUT2D eigenvalue weighted by Crippen LogP contribution is 2.20. The first-order chi connectivity index (χ1) is 5.07. The highest BCUT2D eigenvalue weighted by Gasteiger charge is 2.01. The lowest BCUT2D eigenvalue weighted by Gasteiger charge is -2.06. The molecule has 62 valence electrons. The molecule has 11 heavy (non-hydrogen) atoms. The summed E-state index contributed by atoms with van der Waals surface area (Å²) in [5, 5.41) is 0.624. The summed E-state index contributed by atoms with van der Waals surface area (Å²) < 4.78 is 0. The maximum Gasteiger partial charge on any atom is 0.0366 e. The van der Waals surface area contributed by atoms with Gasteiger partial charge in [-0.25, -0.2) is 0 Å². The molecule has 0 fully saturated rings. The smallest absolute Gasteiger partial charge is 0.0366 e. The number of allylic oxidation sites excluding steroid dienone is 4. The van der Waals surface area contributed by atoms with Crippen LogP contribution < -0.4 is 0 Å².